The Hall–Kier alpha value is -3.08. The molecule has 0 saturated carbocycles. The van der Waals surface area contributed by atoms with Crippen LogP contribution in [0.4, 0.5) is 0 Å². The van der Waals surface area contributed by atoms with Gasteiger partial charge in [-0.15, -0.1) is 0 Å². The summed E-state index contributed by atoms with van der Waals surface area (Å²) in [5.41, 5.74) is 1.91. The van der Waals surface area contributed by atoms with Crippen LogP contribution >= 0.6 is 0 Å². The summed E-state index contributed by atoms with van der Waals surface area (Å²) < 4.78 is 5.67. The minimum absolute atomic E-state index is 0.393. The van der Waals surface area contributed by atoms with Crippen molar-refractivity contribution in [3.63, 3.8) is 0 Å². The highest BCUT2D eigenvalue weighted by Crippen LogP contribution is 2.15. The fraction of sp³-hybridized carbons (Fsp3) is 0.111. The van der Waals surface area contributed by atoms with Gasteiger partial charge in [0, 0.05) is 6.08 Å². The van der Waals surface area contributed by atoms with Gasteiger partial charge in [-0.3, -0.25) is 9.59 Å². The van der Waals surface area contributed by atoms with Crippen molar-refractivity contribution in [3.8, 4) is 5.75 Å². The third-order valence-electron chi connectivity index (χ3n) is 2.97. The Labute approximate surface area is 134 Å². The zero-order valence-electron chi connectivity index (χ0n) is 12.4. The van der Waals surface area contributed by atoms with Crippen LogP contribution in [0.3, 0.4) is 0 Å². The van der Waals surface area contributed by atoms with Crippen LogP contribution in [0.15, 0.2) is 60.7 Å². The molecule has 2 N–H and O–H groups in total. The van der Waals surface area contributed by atoms with Gasteiger partial charge in [0.2, 0.25) is 5.91 Å². The van der Waals surface area contributed by atoms with E-state index >= 15 is 0 Å². The predicted octanol–water partition coefficient (Wildman–Crippen LogP) is 2.48. The number of nitrogens with one attached hydrogen (secondary N) is 1. The van der Waals surface area contributed by atoms with Gasteiger partial charge in [0.25, 0.3) is 0 Å². The molecular weight excluding hydrogens is 294 g/mol. The van der Waals surface area contributed by atoms with Gasteiger partial charge in [-0.1, -0.05) is 42.5 Å². The van der Waals surface area contributed by atoms with E-state index in [0.29, 0.717) is 6.61 Å². The molecule has 118 valence electrons. The smallest absolute Gasteiger partial charge is 0.322 e. The molecule has 0 unspecified atom stereocenters. The highest BCUT2D eigenvalue weighted by atomic mass is 16.5. The van der Waals surface area contributed by atoms with E-state index in [1.165, 1.54) is 6.08 Å². The van der Waals surface area contributed by atoms with Crippen LogP contribution < -0.4 is 10.1 Å². The second kappa shape index (κ2) is 8.38. The number of carbonyl (C=O) groups is 2. The van der Waals surface area contributed by atoms with Crippen molar-refractivity contribution in [1.82, 2.24) is 5.32 Å². The lowest BCUT2D eigenvalue weighted by Crippen LogP contribution is -2.27. The lowest BCUT2D eigenvalue weighted by molar-refractivity contribution is -0.137. The molecule has 2 aromatic rings. The van der Waals surface area contributed by atoms with E-state index in [2.05, 4.69) is 5.32 Å². The average molecular weight is 311 g/mol. The maximum Gasteiger partial charge on any atom is 0.322 e. The minimum Gasteiger partial charge on any atom is -0.489 e. The van der Waals surface area contributed by atoms with Crippen molar-refractivity contribution < 1.29 is 19.4 Å². The highest BCUT2D eigenvalue weighted by Gasteiger charge is 1.99. The molecule has 0 aliphatic rings. The van der Waals surface area contributed by atoms with Gasteiger partial charge in [-0.25, -0.2) is 0 Å². The second-order valence-electron chi connectivity index (χ2n) is 4.79. The molecule has 2 rings (SSSR count). The van der Waals surface area contributed by atoms with Gasteiger partial charge in [-0.2, -0.15) is 0 Å². The molecule has 0 atom stereocenters. The van der Waals surface area contributed by atoms with E-state index < -0.39 is 18.4 Å². The molecule has 23 heavy (non-hydrogen) atoms. The first-order valence-electron chi connectivity index (χ1n) is 7.08. The second-order valence-corrected chi connectivity index (χ2v) is 4.79. The minimum atomic E-state index is -1.08. The fourth-order valence-corrected chi connectivity index (χ4v) is 1.81. The van der Waals surface area contributed by atoms with E-state index in [4.69, 9.17) is 9.84 Å². The van der Waals surface area contributed by atoms with Gasteiger partial charge < -0.3 is 15.2 Å². The van der Waals surface area contributed by atoms with Crippen LogP contribution in [0.2, 0.25) is 0 Å². The monoisotopic (exact) mass is 311 g/mol. The third kappa shape index (κ3) is 6.05. The van der Waals surface area contributed by atoms with Crippen molar-refractivity contribution in [2.24, 2.45) is 0 Å². The molecule has 0 aliphatic heterocycles. The van der Waals surface area contributed by atoms with Gasteiger partial charge in [0.15, 0.2) is 0 Å². The molecule has 5 nitrogen and oxygen atoms in total. The number of hydrogen-bond donors (Lipinski definition) is 2. The van der Waals surface area contributed by atoms with Crippen molar-refractivity contribution in [3.05, 3.63) is 71.8 Å². The highest BCUT2D eigenvalue weighted by molar-refractivity contribution is 5.93. The van der Waals surface area contributed by atoms with Gasteiger partial charge in [-0.05, 0) is 29.3 Å². The van der Waals surface area contributed by atoms with Crippen molar-refractivity contribution in [1.29, 1.82) is 0 Å². The van der Waals surface area contributed by atoms with Crippen LogP contribution in [-0.2, 0) is 16.2 Å². The summed E-state index contributed by atoms with van der Waals surface area (Å²) in [6.07, 6.45) is 2.90. The van der Waals surface area contributed by atoms with Crippen molar-refractivity contribution in [2.45, 2.75) is 6.61 Å². The maximum atomic E-state index is 11.4. The molecule has 0 aromatic heterocycles. The van der Waals surface area contributed by atoms with E-state index in [-0.39, 0.29) is 0 Å². The number of carboxylic acids is 1. The van der Waals surface area contributed by atoms with E-state index in [0.717, 1.165) is 16.9 Å². The molecule has 1 amide bonds. The van der Waals surface area contributed by atoms with E-state index in [1.807, 2.05) is 54.6 Å². The Morgan fingerprint density at radius 2 is 1.74 bits per heavy atom. The molecule has 2 aromatic carbocycles. The van der Waals surface area contributed by atoms with E-state index in [1.54, 1.807) is 6.08 Å². The molecular formula is C18H17NO4. The molecule has 0 saturated heterocycles. The molecule has 0 bridgehead atoms. The summed E-state index contributed by atoms with van der Waals surface area (Å²) >= 11 is 0. The lowest BCUT2D eigenvalue weighted by atomic mass is 10.2. The zero-order valence-corrected chi connectivity index (χ0v) is 12.4. The summed E-state index contributed by atoms with van der Waals surface area (Å²) in [7, 11) is 0. The number of rotatable bonds is 7. The Balaban J connectivity index is 1.84. The number of hydrogen-bond acceptors (Lipinski definition) is 3. The van der Waals surface area contributed by atoms with Gasteiger partial charge in [0.1, 0.15) is 18.9 Å². The first-order valence-corrected chi connectivity index (χ1v) is 7.08. The molecule has 0 fully saturated rings. The maximum absolute atomic E-state index is 11.4. The number of amides is 1. The Morgan fingerprint density at radius 1 is 1.04 bits per heavy atom. The number of aliphatic carboxylic acids is 1. The largest absolute Gasteiger partial charge is 0.489 e. The van der Waals surface area contributed by atoms with E-state index in [9.17, 15) is 9.59 Å². The Bertz CT molecular complexity index is 678. The molecule has 0 heterocycles. The number of carbonyl (C=O) groups excluding carboxylic acids is 1. The van der Waals surface area contributed by atoms with Crippen LogP contribution in [0.25, 0.3) is 6.08 Å². The first-order chi connectivity index (χ1) is 11.1. The third-order valence-corrected chi connectivity index (χ3v) is 2.97. The quantitative estimate of drug-likeness (QED) is 0.770. The SMILES string of the molecule is O=C(O)CNC(=O)/C=C/c1ccc(OCc2ccccc2)cc1. The first kappa shape index (κ1) is 16.3. The fourth-order valence-electron chi connectivity index (χ4n) is 1.81. The standard InChI is InChI=1S/C18H17NO4/c20-17(19-12-18(21)22)11-8-14-6-9-16(10-7-14)23-13-15-4-2-1-3-5-15/h1-11H,12-13H2,(H,19,20)(H,21,22)/b11-8+. The normalized spacial score (nSPS) is 10.4. The zero-order chi connectivity index (χ0) is 16.5. The lowest BCUT2D eigenvalue weighted by Gasteiger charge is -2.06. The number of carboxylic acid groups (broad SMARTS) is 1. The average Bonchev–Trinajstić information content (AvgIpc) is 2.58. The van der Waals surface area contributed by atoms with Gasteiger partial charge >= 0.3 is 5.97 Å². The molecule has 0 spiro atoms. The van der Waals surface area contributed by atoms with Crippen molar-refractivity contribution in [2.75, 3.05) is 6.54 Å². The van der Waals surface area contributed by atoms with Gasteiger partial charge in [0.05, 0.1) is 0 Å². The molecule has 0 aliphatic carbocycles. The molecule has 5 heteroatoms. The van der Waals surface area contributed by atoms with Crippen LogP contribution in [0.1, 0.15) is 11.1 Å². The predicted molar refractivity (Wildman–Crippen MR) is 86.9 cm³/mol. The summed E-state index contributed by atoms with van der Waals surface area (Å²) in [6.45, 7) is 0.100. The summed E-state index contributed by atoms with van der Waals surface area (Å²) in [5, 5.41) is 10.7. The topological polar surface area (TPSA) is 75.6 Å². The van der Waals surface area contributed by atoms with Crippen molar-refractivity contribution >= 4 is 18.0 Å². The number of benzene rings is 2. The van der Waals surface area contributed by atoms with Crippen LogP contribution in [0.5, 0.6) is 5.75 Å². The Kier molecular flexibility index (Phi) is 5.94. The summed E-state index contributed by atoms with van der Waals surface area (Å²) in [5.74, 6) is -0.787. The number of ether oxygens (including phenoxy) is 1. The van der Waals surface area contributed by atoms with Crippen LogP contribution in [0, 0.1) is 0 Å². The Morgan fingerprint density at radius 3 is 2.39 bits per heavy atom. The summed E-state index contributed by atoms with van der Waals surface area (Å²) in [6, 6.07) is 17.1. The van der Waals surface area contributed by atoms with Crippen LogP contribution in [-0.4, -0.2) is 23.5 Å². The molecule has 0 radical (unpaired) electrons. The summed E-state index contributed by atoms with van der Waals surface area (Å²) in [4.78, 5) is 21.7.